The predicted octanol–water partition coefficient (Wildman–Crippen LogP) is 1.56. The molecule has 0 atom stereocenters. The number of nitrogens with one attached hydrogen (secondary N) is 3. The van der Waals surface area contributed by atoms with Crippen molar-refractivity contribution in [3.8, 4) is 6.07 Å². The van der Waals surface area contributed by atoms with Crippen molar-refractivity contribution in [2.45, 2.75) is 0 Å². The third-order valence-electron chi connectivity index (χ3n) is 2.72. The zero-order valence-corrected chi connectivity index (χ0v) is 11.9. The topological polar surface area (TPSA) is 140 Å². The number of anilines is 2. The smallest absolute Gasteiger partial charge is 0.255 e. The largest absolute Gasteiger partial charge is 0.382 e. The summed E-state index contributed by atoms with van der Waals surface area (Å²) < 4.78 is 0. The van der Waals surface area contributed by atoms with E-state index in [1.807, 2.05) is 0 Å². The van der Waals surface area contributed by atoms with E-state index in [9.17, 15) is 4.79 Å². The van der Waals surface area contributed by atoms with Crippen molar-refractivity contribution in [1.82, 2.24) is 4.98 Å². The summed E-state index contributed by atoms with van der Waals surface area (Å²) in [6, 6.07) is 11.6. The number of hydrogen-bond donors (Lipinski definition) is 4. The maximum absolute atomic E-state index is 12.1. The average Bonchev–Trinajstić information content (AvgIpc) is 2.56. The van der Waals surface area contributed by atoms with Gasteiger partial charge in [-0.2, -0.15) is 10.4 Å². The zero-order valence-electron chi connectivity index (χ0n) is 11.9. The molecule has 23 heavy (non-hydrogen) atoms. The normalized spacial score (nSPS) is 10.5. The van der Waals surface area contributed by atoms with Gasteiger partial charge in [-0.15, -0.1) is 0 Å². The number of carbonyl (C=O) groups is 1. The van der Waals surface area contributed by atoms with Gasteiger partial charge in [0.2, 0.25) is 5.71 Å². The number of hydrogen-bond acceptors (Lipinski definition) is 6. The second kappa shape index (κ2) is 7.33. The van der Waals surface area contributed by atoms with E-state index in [4.69, 9.17) is 16.4 Å². The molecule has 0 aliphatic rings. The molecule has 1 aromatic heterocycles. The number of carbonyl (C=O) groups excluding carboxylic acids is 1. The second-order valence-corrected chi connectivity index (χ2v) is 4.37. The first-order valence-electron chi connectivity index (χ1n) is 6.50. The van der Waals surface area contributed by atoms with Crippen LogP contribution >= 0.6 is 0 Å². The Labute approximate surface area is 132 Å². The fourth-order valence-electron chi connectivity index (χ4n) is 1.60. The predicted molar refractivity (Wildman–Crippen MR) is 87.2 cm³/mol. The molecule has 0 bridgehead atoms. The van der Waals surface area contributed by atoms with Crippen LogP contribution in [0.4, 0.5) is 11.4 Å². The van der Waals surface area contributed by atoms with Crippen LogP contribution in [0.15, 0.2) is 53.9 Å². The number of rotatable bonds is 5. The lowest BCUT2D eigenvalue weighted by molar-refractivity contribution is 0.102. The SMILES string of the molecule is N#C/C(=N\Nc1ccc(C(=O)Nc2cccnc2)cc1)C(=N)N. The summed E-state index contributed by atoms with van der Waals surface area (Å²) >= 11 is 0. The van der Waals surface area contributed by atoms with Crippen molar-refractivity contribution >= 4 is 28.8 Å². The third kappa shape index (κ3) is 4.37. The molecule has 0 fully saturated rings. The van der Waals surface area contributed by atoms with Crippen molar-refractivity contribution < 1.29 is 4.79 Å². The Balaban J connectivity index is 2.03. The summed E-state index contributed by atoms with van der Waals surface area (Å²) in [4.78, 5) is 16.0. The van der Waals surface area contributed by atoms with Crippen LogP contribution in [0.25, 0.3) is 0 Å². The van der Waals surface area contributed by atoms with E-state index in [2.05, 4.69) is 20.8 Å². The number of nitrogens with two attached hydrogens (primary N) is 1. The van der Waals surface area contributed by atoms with Crippen LogP contribution in [-0.4, -0.2) is 22.4 Å². The molecule has 0 aliphatic heterocycles. The minimum atomic E-state index is -0.424. The Bertz CT molecular complexity index is 776. The van der Waals surface area contributed by atoms with Crippen LogP contribution in [0.5, 0.6) is 0 Å². The lowest BCUT2D eigenvalue weighted by Gasteiger charge is -2.06. The van der Waals surface area contributed by atoms with Gasteiger partial charge in [0.05, 0.1) is 17.6 Å². The molecule has 0 aliphatic carbocycles. The Kier molecular flexibility index (Phi) is 4.99. The molecule has 0 radical (unpaired) electrons. The van der Waals surface area contributed by atoms with Gasteiger partial charge in [0.1, 0.15) is 6.07 Å². The van der Waals surface area contributed by atoms with Crippen LogP contribution in [0.1, 0.15) is 10.4 Å². The molecule has 8 heteroatoms. The van der Waals surface area contributed by atoms with Gasteiger partial charge >= 0.3 is 0 Å². The number of aromatic nitrogens is 1. The van der Waals surface area contributed by atoms with Crippen LogP contribution in [0.3, 0.4) is 0 Å². The number of nitriles is 1. The van der Waals surface area contributed by atoms with E-state index in [0.29, 0.717) is 16.9 Å². The fourth-order valence-corrected chi connectivity index (χ4v) is 1.60. The maximum atomic E-state index is 12.1. The number of amides is 1. The van der Waals surface area contributed by atoms with Gasteiger partial charge in [-0.3, -0.25) is 20.6 Å². The van der Waals surface area contributed by atoms with Crippen LogP contribution in [0, 0.1) is 16.7 Å². The molecule has 1 heterocycles. The van der Waals surface area contributed by atoms with E-state index in [1.165, 1.54) is 0 Å². The number of amidine groups is 1. The van der Waals surface area contributed by atoms with Crippen LogP contribution in [-0.2, 0) is 0 Å². The lowest BCUT2D eigenvalue weighted by Crippen LogP contribution is -2.21. The molecule has 8 nitrogen and oxygen atoms in total. The van der Waals surface area contributed by atoms with Crippen LogP contribution < -0.4 is 16.5 Å². The van der Waals surface area contributed by atoms with E-state index < -0.39 is 5.84 Å². The van der Waals surface area contributed by atoms with Gasteiger partial charge in [-0.1, -0.05) is 0 Å². The highest BCUT2D eigenvalue weighted by atomic mass is 16.1. The van der Waals surface area contributed by atoms with Gasteiger partial charge in [-0.25, -0.2) is 0 Å². The summed E-state index contributed by atoms with van der Waals surface area (Å²) in [6.07, 6.45) is 3.17. The first-order chi connectivity index (χ1) is 11.1. The van der Waals surface area contributed by atoms with Gasteiger partial charge in [0.15, 0.2) is 5.84 Å². The minimum Gasteiger partial charge on any atom is -0.382 e. The molecule has 0 saturated carbocycles. The summed E-state index contributed by atoms with van der Waals surface area (Å²) in [5, 5.41) is 22.3. The number of benzene rings is 1. The van der Waals surface area contributed by atoms with Gasteiger partial charge in [0.25, 0.3) is 5.91 Å². The van der Waals surface area contributed by atoms with E-state index in [-0.39, 0.29) is 11.6 Å². The highest BCUT2D eigenvalue weighted by Crippen LogP contribution is 2.12. The fraction of sp³-hybridized carbons (Fsp3) is 0. The molecular formula is C15H13N7O. The quantitative estimate of drug-likeness (QED) is 0.377. The molecule has 0 unspecified atom stereocenters. The Morgan fingerprint density at radius 1 is 1.26 bits per heavy atom. The highest BCUT2D eigenvalue weighted by molar-refractivity contribution is 6.45. The number of hydrazone groups is 1. The van der Waals surface area contributed by atoms with Crippen LogP contribution in [0.2, 0.25) is 0 Å². The Hall–Kier alpha value is -3.73. The Morgan fingerprint density at radius 3 is 2.57 bits per heavy atom. The molecule has 114 valence electrons. The summed E-state index contributed by atoms with van der Waals surface area (Å²) in [5.41, 5.74) is 9.17. The van der Waals surface area contributed by atoms with Gasteiger partial charge < -0.3 is 11.1 Å². The van der Waals surface area contributed by atoms with E-state index in [0.717, 1.165) is 0 Å². The summed E-state index contributed by atoms with van der Waals surface area (Å²) in [7, 11) is 0. The molecule has 1 amide bonds. The highest BCUT2D eigenvalue weighted by Gasteiger charge is 2.06. The van der Waals surface area contributed by atoms with Crippen molar-refractivity contribution in [2.75, 3.05) is 10.7 Å². The number of pyridine rings is 1. The third-order valence-corrected chi connectivity index (χ3v) is 2.72. The Morgan fingerprint density at radius 2 is 2.00 bits per heavy atom. The molecule has 2 rings (SSSR count). The standard InChI is InChI=1S/C15H13N7O/c16-8-13(14(17)18)22-21-11-5-3-10(4-6-11)15(23)20-12-2-1-7-19-9-12/h1-7,9,21H,(H3,17,18)(H,20,23)/b22-13+. The maximum Gasteiger partial charge on any atom is 0.255 e. The minimum absolute atomic E-state index is 0.219. The molecule has 1 aromatic carbocycles. The first kappa shape index (κ1) is 15.7. The first-order valence-corrected chi connectivity index (χ1v) is 6.50. The van der Waals surface area contributed by atoms with E-state index >= 15 is 0 Å². The zero-order chi connectivity index (χ0) is 16.7. The molecule has 5 N–H and O–H groups in total. The monoisotopic (exact) mass is 307 g/mol. The van der Waals surface area contributed by atoms with Gasteiger partial charge in [-0.05, 0) is 36.4 Å². The summed E-state index contributed by atoms with van der Waals surface area (Å²) in [5.74, 6) is -0.693. The molecule has 0 saturated heterocycles. The van der Waals surface area contributed by atoms with Crippen molar-refractivity contribution in [3.63, 3.8) is 0 Å². The molecule has 0 spiro atoms. The summed E-state index contributed by atoms with van der Waals surface area (Å²) in [6.45, 7) is 0. The van der Waals surface area contributed by atoms with E-state index in [1.54, 1.807) is 54.9 Å². The van der Waals surface area contributed by atoms with Crippen molar-refractivity contribution in [1.29, 1.82) is 10.7 Å². The van der Waals surface area contributed by atoms with Gasteiger partial charge in [0, 0.05) is 11.8 Å². The average molecular weight is 307 g/mol. The van der Waals surface area contributed by atoms with Crippen molar-refractivity contribution in [3.05, 3.63) is 54.4 Å². The second-order valence-electron chi connectivity index (χ2n) is 4.37. The molecule has 2 aromatic rings. The molecular weight excluding hydrogens is 294 g/mol. The number of nitrogens with zero attached hydrogens (tertiary/aromatic N) is 3. The van der Waals surface area contributed by atoms with Crippen molar-refractivity contribution in [2.24, 2.45) is 10.8 Å². The lowest BCUT2D eigenvalue weighted by atomic mass is 10.2.